The van der Waals surface area contributed by atoms with Crippen molar-refractivity contribution in [2.45, 2.75) is 50.7 Å². The van der Waals surface area contributed by atoms with Gasteiger partial charge in [-0.15, -0.1) is 0 Å². The molecule has 0 bridgehead atoms. The molecular weight excluding hydrogens is 252 g/mol. The van der Waals surface area contributed by atoms with E-state index in [4.69, 9.17) is 15.3 Å². The van der Waals surface area contributed by atoms with Gasteiger partial charge in [0.2, 0.25) is 0 Å². The molecule has 110 valence electrons. The number of rotatable bonds is 6. The normalized spacial score (nSPS) is 22.6. The Labute approximate surface area is 120 Å². The Hall–Kier alpha value is -1.10. The van der Waals surface area contributed by atoms with Crippen molar-refractivity contribution in [1.82, 2.24) is 5.43 Å². The number of hydrogen-bond acceptors (Lipinski definition) is 4. The van der Waals surface area contributed by atoms with Crippen molar-refractivity contribution in [1.29, 1.82) is 0 Å². The van der Waals surface area contributed by atoms with Crippen molar-refractivity contribution in [2.75, 3.05) is 13.2 Å². The topological polar surface area (TPSA) is 56.5 Å². The second kappa shape index (κ2) is 6.57. The minimum Gasteiger partial charge on any atom is -0.493 e. The molecule has 20 heavy (non-hydrogen) atoms. The van der Waals surface area contributed by atoms with Gasteiger partial charge in [-0.3, -0.25) is 11.3 Å². The standard InChI is InChI=1S/C16H24N2O2/c17-18-15(5-1-3-14-4-2-9-19-14)12-6-7-16-13(11-12)8-10-20-16/h6-7,11,14-15,18H,1-5,8-10,17H2. The van der Waals surface area contributed by atoms with Gasteiger partial charge in [-0.05, 0) is 49.3 Å². The lowest BCUT2D eigenvalue weighted by atomic mass is 9.97. The molecular formula is C16H24N2O2. The molecule has 2 heterocycles. The smallest absolute Gasteiger partial charge is 0.122 e. The number of hydrogen-bond donors (Lipinski definition) is 2. The van der Waals surface area contributed by atoms with E-state index in [2.05, 4.69) is 23.6 Å². The van der Waals surface area contributed by atoms with E-state index in [-0.39, 0.29) is 6.04 Å². The van der Waals surface area contributed by atoms with E-state index in [1.165, 1.54) is 24.0 Å². The van der Waals surface area contributed by atoms with Crippen LogP contribution >= 0.6 is 0 Å². The molecule has 2 aliphatic rings. The van der Waals surface area contributed by atoms with Gasteiger partial charge in [0.1, 0.15) is 5.75 Å². The molecule has 0 radical (unpaired) electrons. The van der Waals surface area contributed by atoms with Crippen LogP contribution in [0.2, 0.25) is 0 Å². The summed E-state index contributed by atoms with van der Waals surface area (Å²) in [5.41, 5.74) is 5.53. The van der Waals surface area contributed by atoms with Gasteiger partial charge in [0.05, 0.1) is 12.7 Å². The van der Waals surface area contributed by atoms with E-state index >= 15 is 0 Å². The summed E-state index contributed by atoms with van der Waals surface area (Å²) in [4.78, 5) is 0. The number of ether oxygens (including phenoxy) is 2. The molecule has 1 fully saturated rings. The Morgan fingerprint density at radius 2 is 2.30 bits per heavy atom. The van der Waals surface area contributed by atoms with E-state index in [0.717, 1.165) is 44.6 Å². The summed E-state index contributed by atoms with van der Waals surface area (Å²) in [6.45, 7) is 1.74. The van der Waals surface area contributed by atoms with Crippen molar-refractivity contribution >= 4 is 0 Å². The average Bonchev–Trinajstić information content (AvgIpc) is 3.13. The van der Waals surface area contributed by atoms with Crippen LogP contribution in [0.3, 0.4) is 0 Å². The predicted molar refractivity (Wildman–Crippen MR) is 78.5 cm³/mol. The van der Waals surface area contributed by atoms with E-state index < -0.39 is 0 Å². The number of benzene rings is 1. The first-order chi connectivity index (χ1) is 9.86. The average molecular weight is 276 g/mol. The maximum absolute atomic E-state index is 5.73. The Morgan fingerprint density at radius 1 is 1.35 bits per heavy atom. The Bertz CT molecular complexity index is 444. The SMILES string of the molecule is NNC(CCCC1CCCO1)c1ccc2c(c1)CCO2. The summed E-state index contributed by atoms with van der Waals surface area (Å²) in [5.74, 6) is 6.76. The van der Waals surface area contributed by atoms with Crippen molar-refractivity contribution in [3.8, 4) is 5.75 Å². The van der Waals surface area contributed by atoms with Crippen LogP contribution in [0.25, 0.3) is 0 Å². The van der Waals surface area contributed by atoms with Crippen molar-refractivity contribution in [3.05, 3.63) is 29.3 Å². The van der Waals surface area contributed by atoms with Gasteiger partial charge in [-0.1, -0.05) is 12.1 Å². The van der Waals surface area contributed by atoms with Gasteiger partial charge in [0, 0.05) is 19.1 Å². The fourth-order valence-electron chi connectivity index (χ4n) is 3.19. The molecule has 2 unspecified atom stereocenters. The van der Waals surface area contributed by atoms with Gasteiger partial charge in [0.25, 0.3) is 0 Å². The maximum Gasteiger partial charge on any atom is 0.122 e. The molecule has 0 aromatic heterocycles. The van der Waals surface area contributed by atoms with Gasteiger partial charge in [-0.2, -0.15) is 0 Å². The van der Waals surface area contributed by atoms with Crippen LogP contribution in [0.1, 0.15) is 49.3 Å². The maximum atomic E-state index is 5.73. The first-order valence-electron chi connectivity index (χ1n) is 7.70. The highest BCUT2D eigenvalue weighted by Gasteiger charge is 2.18. The predicted octanol–water partition coefficient (Wildman–Crippen LogP) is 2.48. The fraction of sp³-hybridized carbons (Fsp3) is 0.625. The van der Waals surface area contributed by atoms with Gasteiger partial charge >= 0.3 is 0 Å². The van der Waals surface area contributed by atoms with E-state index in [0.29, 0.717) is 6.10 Å². The third-order valence-corrected chi connectivity index (χ3v) is 4.36. The number of fused-ring (bicyclic) bond motifs is 1. The molecule has 0 aliphatic carbocycles. The van der Waals surface area contributed by atoms with E-state index in [1.807, 2.05) is 0 Å². The zero-order valence-electron chi connectivity index (χ0n) is 11.9. The third-order valence-electron chi connectivity index (χ3n) is 4.36. The van der Waals surface area contributed by atoms with E-state index in [9.17, 15) is 0 Å². The lowest BCUT2D eigenvalue weighted by Crippen LogP contribution is -2.28. The van der Waals surface area contributed by atoms with Crippen LogP contribution in [0.15, 0.2) is 18.2 Å². The van der Waals surface area contributed by atoms with E-state index in [1.54, 1.807) is 0 Å². The van der Waals surface area contributed by atoms with Crippen LogP contribution in [-0.2, 0) is 11.2 Å². The second-order valence-electron chi connectivity index (χ2n) is 5.75. The summed E-state index contributed by atoms with van der Waals surface area (Å²) in [6.07, 6.45) is 7.26. The second-order valence-corrected chi connectivity index (χ2v) is 5.75. The van der Waals surface area contributed by atoms with Crippen molar-refractivity contribution in [2.24, 2.45) is 5.84 Å². The lowest BCUT2D eigenvalue weighted by Gasteiger charge is -2.18. The summed E-state index contributed by atoms with van der Waals surface area (Å²) in [7, 11) is 0. The number of nitrogens with two attached hydrogens (primary N) is 1. The first kappa shape index (κ1) is 13.9. The molecule has 1 aromatic carbocycles. The Balaban J connectivity index is 1.55. The monoisotopic (exact) mass is 276 g/mol. The molecule has 0 amide bonds. The highest BCUT2D eigenvalue weighted by molar-refractivity contribution is 5.40. The van der Waals surface area contributed by atoms with Gasteiger partial charge in [0.15, 0.2) is 0 Å². The fourth-order valence-corrected chi connectivity index (χ4v) is 3.19. The number of nitrogens with one attached hydrogen (secondary N) is 1. The Morgan fingerprint density at radius 3 is 3.10 bits per heavy atom. The molecule has 0 saturated carbocycles. The van der Waals surface area contributed by atoms with Crippen LogP contribution in [0.5, 0.6) is 5.75 Å². The zero-order valence-corrected chi connectivity index (χ0v) is 11.9. The molecule has 0 spiro atoms. The van der Waals surface area contributed by atoms with Crippen LogP contribution in [0.4, 0.5) is 0 Å². The molecule has 2 atom stereocenters. The lowest BCUT2D eigenvalue weighted by molar-refractivity contribution is 0.101. The zero-order chi connectivity index (χ0) is 13.8. The summed E-state index contributed by atoms with van der Waals surface area (Å²) in [5, 5.41) is 0. The summed E-state index contributed by atoms with van der Waals surface area (Å²) < 4.78 is 11.2. The Kier molecular flexibility index (Phi) is 4.55. The molecule has 1 aromatic rings. The third kappa shape index (κ3) is 3.14. The number of hydrazine groups is 1. The molecule has 4 heteroatoms. The minimum absolute atomic E-state index is 0.224. The molecule has 4 nitrogen and oxygen atoms in total. The van der Waals surface area contributed by atoms with Gasteiger partial charge < -0.3 is 9.47 Å². The molecule has 3 rings (SSSR count). The summed E-state index contributed by atoms with van der Waals surface area (Å²) in [6, 6.07) is 6.66. The highest BCUT2D eigenvalue weighted by atomic mass is 16.5. The summed E-state index contributed by atoms with van der Waals surface area (Å²) >= 11 is 0. The van der Waals surface area contributed by atoms with Crippen LogP contribution < -0.4 is 16.0 Å². The minimum atomic E-state index is 0.224. The molecule has 3 N–H and O–H groups in total. The quantitative estimate of drug-likeness (QED) is 0.619. The largest absolute Gasteiger partial charge is 0.493 e. The highest BCUT2D eigenvalue weighted by Crippen LogP contribution is 2.30. The molecule has 1 saturated heterocycles. The van der Waals surface area contributed by atoms with Crippen molar-refractivity contribution in [3.63, 3.8) is 0 Å². The first-order valence-corrected chi connectivity index (χ1v) is 7.70. The van der Waals surface area contributed by atoms with Gasteiger partial charge in [-0.25, -0.2) is 0 Å². The van der Waals surface area contributed by atoms with Crippen LogP contribution in [0, 0.1) is 0 Å². The molecule has 2 aliphatic heterocycles. The van der Waals surface area contributed by atoms with Crippen molar-refractivity contribution < 1.29 is 9.47 Å². The van der Waals surface area contributed by atoms with Crippen LogP contribution in [-0.4, -0.2) is 19.3 Å².